The lowest BCUT2D eigenvalue weighted by Crippen LogP contribution is -2.39. The molecular formula is C31H37FN8O2. The van der Waals surface area contributed by atoms with Crippen molar-refractivity contribution in [3.8, 4) is 17.3 Å². The van der Waals surface area contributed by atoms with E-state index < -0.39 is 5.82 Å². The number of rotatable bonds is 8. The average molecular weight is 573 g/mol. The van der Waals surface area contributed by atoms with Crippen LogP contribution in [0.3, 0.4) is 0 Å². The number of ether oxygens (including phenoxy) is 1. The third-order valence-electron chi connectivity index (χ3n) is 8.34. The van der Waals surface area contributed by atoms with E-state index in [0.29, 0.717) is 34.2 Å². The molecule has 2 aliphatic rings. The van der Waals surface area contributed by atoms with Crippen molar-refractivity contribution in [2.75, 3.05) is 25.5 Å². The van der Waals surface area contributed by atoms with E-state index in [-0.39, 0.29) is 23.6 Å². The van der Waals surface area contributed by atoms with Gasteiger partial charge in [0.15, 0.2) is 11.3 Å². The van der Waals surface area contributed by atoms with Crippen LogP contribution < -0.4 is 10.1 Å². The van der Waals surface area contributed by atoms with E-state index in [1.54, 1.807) is 18.2 Å². The van der Waals surface area contributed by atoms with Crippen molar-refractivity contribution in [2.24, 2.45) is 11.8 Å². The normalized spacial score (nSPS) is 15.9. The maximum atomic E-state index is 15.1. The molecule has 10 nitrogen and oxygen atoms in total. The minimum absolute atomic E-state index is 0.0167. The van der Waals surface area contributed by atoms with Crippen LogP contribution in [0.4, 0.5) is 16.2 Å². The SMILES string of the molecule is COc1nc(-c2nc(Nc3ccc(C(=O)N4CCC(CC5CC5)CC4)c(C)n3)ncc2F)cc2c1nc(C)n2C(C)C. The van der Waals surface area contributed by atoms with Gasteiger partial charge in [-0.05, 0) is 77.0 Å². The van der Waals surface area contributed by atoms with Crippen LogP contribution in [0.5, 0.6) is 5.88 Å². The van der Waals surface area contributed by atoms with E-state index in [1.807, 2.05) is 23.3 Å². The van der Waals surface area contributed by atoms with E-state index in [0.717, 1.165) is 55.3 Å². The fraction of sp³-hybridized carbons (Fsp3) is 0.484. The second-order valence-corrected chi connectivity index (χ2v) is 11.8. The van der Waals surface area contributed by atoms with Gasteiger partial charge < -0.3 is 19.5 Å². The number of carbonyl (C=O) groups excluding carboxylic acids is 1. The van der Waals surface area contributed by atoms with Crippen LogP contribution in [0.1, 0.15) is 73.9 Å². The summed E-state index contributed by atoms with van der Waals surface area (Å²) in [7, 11) is 1.51. The number of methoxy groups -OCH3 is 1. The number of fused-ring (bicyclic) bond motifs is 1. The average Bonchev–Trinajstić information content (AvgIpc) is 3.72. The summed E-state index contributed by atoms with van der Waals surface area (Å²) in [5.41, 5.74) is 2.91. The van der Waals surface area contributed by atoms with Crippen LogP contribution in [0.25, 0.3) is 22.4 Å². The van der Waals surface area contributed by atoms with Crippen molar-refractivity contribution < 1.29 is 13.9 Å². The fourth-order valence-electron chi connectivity index (χ4n) is 6.04. The Morgan fingerprint density at radius 2 is 1.81 bits per heavy atom. The zero-order valence-corrected chi connectivity index (χ0v) is 24.8. The first-order valence-corrected chi connectivity index (χ1v) is 14.7. The molecule has 2 fully saturated rings. The summed E-state index contributed by atoms with van der Waals surface area (Å²) in [5.74, 6) is 2.78. The summed E-state index contributed by atoms with van der Waals surface area (Å²) < 4.78 is 22.6. The van der Waals surface area contributed by atoms with E-state index in [1.165, 1.54) is 26.4 Å². The molecule has 0 radical (unpaired) electrons. The highest BCUT2D eigenvalue weighted by Crippen LogP contribution is 2.38. The summed E-state index contributed by atoms with van der Waals surface area (Å²) in [4.78, 5) is 37.5. The van der Waals surface area contributed by atoms with E-state index in [2.05, 4.69) is 44.1 Å². The van der Waals surface area contributed by atoms with Crippen LogP contribution in [0.2, 0.25) is 0 Å². The van der Waals surface area contributed by atoms with Gasteiger partial charge in [0.25, 0.3) is 5.91 Å². The van der Waals surface area contributed by atoms with Crippen molar-refractivity contribution in [3.05, 3.63) is 47.3 Å². The molecule has 0 spiro atoms. The first-order chi connectivity index (χ1) is 20.2. The highest BCUT2D eigenvalue weighted by Gasteiger charge is 2.30. The van der Waals surface area contributed by atoms with Crippen LogP contribution in [-0.2, 0) is 0 Å². The first kappa shape index (κ1) is 28.0. The van der Waals surface area contributed by atoms with Crippen molar-refractivity contribution in [1.29, 1.82) is 0 Å². The molecule has 0 aromatic carbocycles. The van der Waals surface area contributed by atoms with Gasteiger partial charge in [0, 0.05) is 19.1 Å². The number of likely N-dealkylation sites (tertiary alicyclic amines) is 1. The summed E-state index contributed by atoms with van der Waals surface area (Å²) in [6, 6.07) is 5.41. The number of hydrogen-bond acceptors (Lipinski definition) is 8. The lowest BCUT2D eigenvalue weighted by atomic mass is 9.91. The molecule has 6 rings (SSSR count). The number of hydrogen-bond donors (Lipinski definition) is 1. The molecule has 42 heavy (non-hydrogen) atoms. The van der Waals surface area contributed by atoms with E-state index in [9.17, 15) is 4.79 Å². The molecule has 1 aliphatic heterocycles. The quantitative estimate of drug-likeness (QED) is 0.273. The minimum Gasteiger partial charge on any atom is -0.479 e. The molecule has 0 atom stereocenters. The van der Waals surface area contributed by atoms with Crippen molar-refractivity contribution in [2.45, 2.75) is 65.8 Å². The molecule has 5 heterocycles. The van der Waals surface area contributed by atoms with Crippen LogP contribution in [0.15, 0.2) is 24.4 Å². The Hall–Kier alpha value is -4.15. The molecule has 0 unspecified atom stereocenters. The van der Waals surface area contributed by atoms with Gasteiger partial charge in [-0.2, -0.15) is 0 Å². The minimum atomic E-state index is -0.618. The number of imidazole rings is 1. The van der Waals surface area contributed by atoms with E-state index >= 15 is 4.39 Å². The summed E-state index contributed by atoms with van der Waals surface area (Å²) in [5, 5.41) is 3.06. The number of amides is 1. The Morgan fingerprint density at radius 3 is 2.48 bits per heavy atom. The third kappa shape index (κ3) is 5.52. The largest absolute Gasteiger partial charge is 0.479 e. The Bertz CT molecular complexity index is 1640. The predicted molar refractivity (Wildman–Crippen MR) is 158 cm³/mol. The van der Waals surface area contributed by atoms with Crippen molar-refractivity contribution >= 4 is 28.7 Å². The van der Waals surface area contributed by atoms with Gasteiger partial charge in [0.2, 0.25) is 11.8 Å². The number of anilines is 2. The number of aromatic nitrogens is 6. The highest BCUT2D eigenvalue weighted by molar-refractivity contribution is 5.95. The van der Waals surface area contributed by atoms with Crippen LogP contribution in [0, 0.1) is 31.5 Å². The molecule has 1 saturated heterocycles. The molecule has 1 N–H and O–H groups in total. The topological polar surface area (TPSA) is 111 Å². The summed E-state index contributed by atoms with van der Waals surface area (Å²) in [6.45, 7) is 9.44. The van der Waals surface area contributed by atoms with Gasteiger partial charge in [-0.3, -0.25) is 4.79 Å². The number of aryl methyl sites for hydroxylation is 2. The number of piperidine rings is 1. The lowest BCUT2D eigenvalue weighted by Gasteiger charge is -2.32. The maximum absolute atomic E-state index is 15.1. The molecule has 220 valence electrons. The second kappa shape index (κ2) is 11.3. The van der Waals surface area contributed by atoms with Gasteiger partial charge in [0.05, 0.1) is 35.8 Å². The Kier molecular flexibility index (Phi) is 7.51. The number of halogens is 1. The molecule has 1 amide bonds. The molecule has 11 heteroatoms. The fourth-order valence-corrected chi connectivity index (χ4v) is 6.04. The molecule has 4 aromatic heterocycles. The molecular weight excluding hydrogens is 535 g/mol. The first-order valence-electron chi connectivity index (χ1n) is 14.7. The molecule has 0 bridgehead atoms. The summed E-state index contributed by atoms with van der Waals surface area (Å²) in [6.07, 6.45) is 7.32. The van der Waals surface area contributed by atoms with Gasteiger partial charge in [-0.1, -0.05) is 12.8 Å². The van der Waals surface area contributed by atoms with Crippen molar-refractivity contribution in [1.82, 2.24) is 34.4 Å². The summed E-state index contributed by atoms with van der Waals surface area (Å²) >= 11 is 0. The lowest BCUT2D eigenvalue weighted by molar-refractivity contribution is 0.0683. The van der Waals surface area contributed by atoms with Crippen LogP contribution in [-0.4, -0.2) is 60.5 Å². The number of pyridine rings is 2. The monoisotopic (exact) mass is 572 g/mol. The molecule has 1 aliphatic carbocycles. The smallest absolute Gasteiger partial charge is 0.255 e. The highest BCUT2D eigenvalue weighted by atomic mass is 19.1. The van der Waals surface area contributed by atoms with Gasteiger partial charge in [-0.25, -0.2) is 29.3 Å². The predicted octanol–water partition coefficient (Wildman–Crippen LogP) is 6.02. The third-order valence-corrected chi connectivity index (χ3v) is 8.34. The van der Waals surface area contributed by atoms with Crippen molar-refractivity contribution in [3.63, 3.8) is 0 Å². The number of nitrogens with zero attached hydrogens (tertiary/aromatic N) is 7. The number of nitrogens with one attached hydrogen (secondary N) is 1. The molecule has 4 aromatic rings. The Labute approximate surface area is 244 Å². The Morgan fingerprint density at radius 1 is 1.07 bits per heavy atom. The maximum Gasteiger partial charge on any atom is 0.255 e. The molecule has 1 saturated carbocycles. The van der Waals surface area contributed by atoms with Gasteiger partial charge in [0.1, 0.15) is 17.3 Å². The van der Waals surface area contributed by atoms with E-state index in [4.69, 9.17) is 4.74 Å². The zero-order chi connectivity index (χ0) is 29.5. The number of carbonyl (C=O) groups is 1. The second-order valence-electron chi connectivity index (χ2n) is 11.8. The van der Waals surface area contributed by atoms with Gasteiger partial charge >= 0.3 is 0 Å². The standard InChI is InChI=1S/C31H37FN8O2/c1-17(2)40-19(4)35-28-25(40)15-24(36-29(28)42-5)27-23(32)16-33-31(38-27)37-26-9-8-22(18(3)34-26)30(41)39-12-10-21(11-13-39)14-20-6-7-20/h8-9,15-17,20-21H,6-7,10-14H2,1-5H3,(H,33,34,37,38). The van der Waals surface area contributed by atoms with Gasteiger partial charge in [-0.15, -0.1) is 0 Å². The van der Waals surface area contributed by atoms with Crippen LogP contribution >= 0.6 is 0 Å². The Balaban J connectivity index is 1.22. The zero-order valence-electron chi connectivity index (χ0n) is 24.8.